The Bertz CT molecular complexity index is 179. The van der Waals surface area contributed by atoms with Crippen LogP contribution >= 0.6 is 0 Å². The lowest BCUT2D eigenvalue weighted by molar-refractivity contribution is 0.0445. The molecule has 0 aliphatic carbocycles. The van der Waals surface area contributed by atoms with Crippen LogP contribution in [0.3, 0.4) is 0 Å². The second-order valence-electron chi connectivity index (χ2n) is 3.38. The van der Waals surface area contributed by atoms with Crippen molar-refractivity contribution in [1.82, 2.24) is 0 Å². The van der Waals surface area contributed by atoms with Crippen LogP contribution in [0.2, 0.25) is 0 Å². The largest absolute Gasteiger partial charge is 0.391 e. The molecule has 3 nitrogen and oxygen atoms in total. The van der Waals surface area contributed by atoms with Crippen molar-refractivity contribution >= 4 is 0 Å². The molecule has 1 saturated heterocycles. The molecule has 1 fully saturated rings. The molecule has 0 aromatic rings. The Labute approximate surface area is 73.0 Å². The van der Waals surface area contributed by atoms with Gasteiger partial charge in [-0.25, -0.2) is 0 Å². The van der Waals surface area contributed by atoms with Crippen LogP contribution in [0.5, 0.6) is 0 Å². The van der Waals surface area contributed by atoms with Crippen LogP contribution in [0, 0.1) is 16.7 Å². The first kappa shape index (κ1) is 9.50. The first-order valence-corrected chi connectivity index (χ1v) is 4.42. The zero-order valence-electron chi connectivity index (χ0n) is 7.42. The maximum atomic E-state index is 9.70. The van der Waals surface area contributed by atoms with Gasteiger partial charge in [-0.3, -0.25) is 0 Å². The molecular formula is C9H15NO2. The molecule has 0 bridgehead atoms. The van der Waals surface area contributed by atoms with Gasteiger partial charge in [-0.1, -0.05) is 13.3 Å². The lowest BCUT2D eigenvalue weighted by atomic mass is 9.81. The summed E-state index contributed by atoms with van der Waals surface area (Å²) in [5.74, 6) is 0. The quantitative estimate of drug-likeness (QED) is 0.687. The third-order valence-electron chi connectivity index (χ3n) is 2.47. The Morgan fingerprint density at radius 2 is 2.50 bits per heavy atom. The van der Waals surface area contributed by atoms with Crippen molar-refractivity contribution in [2.45, 2.75) is 32.3 Å². The molecule has 68 valence electrons. The van der Waals surface area contributed by atoms with Gasteiger partial charge in [0, 0.05) is 6.61 Å². The van der Waals surface area contributed by atoms with E-state index in [9.17, 15) is 5.11 Å². The Balaban J connectivity index is 2.60. The summed E-state index contributed by atoms with van der Waals surface area (Å²) < 4.78 is 5.14. The summed E-state index contributed by atoms with van der Waals surface area (Å²) in [6.07, 6.45) is 1.75. The van der Waals surface area contributed by atoms with E-state index < -0.39 is 11.5 Å². The van der Waals surface area contributed by atoms with Gasteiger partial charge in [0.2, 0.25) is 0 Å². The summed E-state index contributed by atoms with van der Waals surface area (Å²) in [5.41, 5.74) is -0.615. The number of nitriles is 1. The van der Waals surface area contributed by atoms with Crippen molar-refractivity contribution in [3.8, 4) is 6.07 Å². The zero-order chi connectivity index (χ0) is 9.03. The van der Waals surface area contributed by atoms with E-state index in [0.29, 0.717) is 26.1 Å². The van der Waals surface area contributed by atoms with Crippen molar-refractivity contribution in [3.63, 3.8) is 0 Å². The smallest absolute Gasteiger partial charge is 0.109 e. The predicted octanol–water partition coefficient (Wildman–Crippen LogP) is 1.08. The first-order chi connectivity index (χ1) is 5.75. The van der Waals surface area contributed by atoms with E-state index in [0.717, 1.165) is 6.42 Å². The van der Waals surface area contributed by atoms with Crippen molar-refractivity contribution in [1.29, 1.82) is 5.26 Å². The molecule has 12 heavy (non-hydrogen) atoms. The molecule has 0 amide bonds. The minimum absolute atomic E-state index is 0.394. The fourth-order valence-electron chi connectivity index (χ4n) is 1.56. The lowest BCUT2D eigenvalue weighted by Gasteiger charge is -2.24. The molecule has 0 aromatic heterocycles. The van der Waals surface area contributed by atoms with E-state index in [2.05, 4.69) is 6.07 Å². The number of nitrogens with zero attached hydrogens (tertiary/aromatic N) is 1. The van der Waals surface area contributed by atoms with Gasteiger partial charge in [-0.05, 0) is 12.8 Å². The van der Waals surface area contributed by atoms with E-state index in [-0.39, 0.29) is 0 Å². The van der Waals surface area contributed by atoms with Crippen molar-refractivity contribution in [2.24, 2.45) is 5.41 Å². The van der Waals surface area contributed by atoms with Crippen molar-refractivity contribution in [2.75, 3.05) is 13.2 Å². The van der Waals surface area contributed by atoms with Gasteiger partial charge in [-0.15, -0.1) is 0 Å². The summed E-state index contributed by atoms with van der Waals surface area (Å²) in [5, 5.41) is 18.6. The molecule has 1 heterocycles. The van der Waals surface area contributed by atoms with Crippen LogP contribution in [0.1, 0.15) is 26.2 Å². The molecule has 1 aliphatic rings. The summed E-state index contributed by atoms with van der Waals surface area (Å²) in [6.45, 7) is 3.00. The highest BCUT2D eigenvalue weighted by atomic mass is 16.5. The van der Waals surface area contributed by atoms with Gasteiger partial charge in [0.15, 0.2) is 0 Å². The van der Waals surface area contributed by atoms with Crippen LogP contribution in [0.4, 0.5) is 0 Å². The fourth-order valence-corrected chi connectivity index (χ4v) is 1.56. The van der Waals surface area contributed by atoms with Crippen LogP contribution in [0.15, 0.2) is 0 Å². The predicted molar refractivity (Wildman–Crippen MR) is 44.4 cm³/mol. The molecular weight excluding hydrogens is 154 g/mol. The number of aliphatic hydroxyl groups excluding tert-OH is 1. The van der Waals surface area contributed by atoms with Gasteiger partial charge in [0.1, 0.15) is 5.41 Å². The first-order valence-electron chi connectivity index (χ1n) is 4.42. The van der Waals surface area contributed by atoms with E-state index in [1.165, 1.54) is 0 Å². The average molecular weight is 169 g/mol. The Morgan fingerprint density at radius 1 is 1.75 bits per heavy atom. The Morgan fingerprint density at radius 3 is 2.92 bits per heavy atom. The number of ether oxygens (including phenoxy) is 1. The van der Waals surface area contributed by atoms with Crippen LogP contribution in [-0.2, 0) is 4.74 Å². The number of hydrogen-bond donors (Lipinski definition) is 1. The standard InChI is InChI=1S/C9H15NO2/c1-2-3-8(11)9(6-10)4-5-12-7-9/h8,11H,2-5,7H2,1H3. The third kappa shape index (κ3) is 1.60. The topological polar surface area (TPSA) is 53.2 Å². The van der Waals surface area contributed by atoms with E-state index in [4.69, 9.17) is 10.00 Å². The highest BCUT2D eigenvalue weighted by Gasteiger charge is 2.41. The molecule has 0 radical (unpaired) electrons. The minimum Gasteiger partial charge on any atom is -0.391 e. The molecule has 1 aliphatic heterocycles. The zero-order valence-corrected chi connectivity index (χ0v) is 7.42. The van der Waals surface area contributed by atoms with Gasteiger partial charge >= 0.3 is 0 Å². The second kappa shape index (κ2) is 3.88. The second-order valence-corrected chi connectivity index (χ2v) is 3.38. The van der Waals surface area contributed by atoms with Crippen molar-refractivity contribution in [3.05, 3.63) is 0 Å². The summed E-state index contributed by atoms with van der Waals surface area (Å²) in [4.78, 5) is 0. The Hall–Kier alpha value is -0.590. The Kier molecular flexibility index (Phi) is 3.07. The maximum absolute atomic E-state index is 9.70. The van der Waals surface area contributed by atoms with Crippen LogP contribution < -0.4 is 0 Å². The number of rotatable bonds is 3. The van der Waals surface area contributed by atoms with Crippen molar-refractivity contribution < 1.29 is 9.84 Å². The van der Waals surface area contributed by atoms with Gasteiger partial charge in [-0.2, -0.15) is 5.26 Å². The number of hydrogen-bond acceptors (Lipinski definition) is 3. The highest BCUT2D eigenvalue weighted by Crippen LogP contribution is 2.33. The SMILES string of the molecule is CCCC(O)C1(C#N)CCOC1. The molecule has 2 atom stereocenters. The number of aliphatic hydroxyl groups is 1. The van der Waals surface area contributed by atoms with E-state index in [1.54, 1.807) is 0 Å². The fraction of sp³-hybridized carbons (Fsp3) is 0.889. The van der Waals surface area contributed by atoms with Gasteiger partial charge in [0.25, 0.3) is 0 Å². The average Bonchev–Trinajstić information content (AvgIpc) is 2.54. The third-order valence-corrected chi connectivity index (χ3v) is 2.47. The lowest BCUT2D eigenvalue weighted by Crippen LogP contribution is -2.34. The molecule has 3 heteroatoms. The van der Waals surface area contributed by atoms with Gasteiger partial charge < -0.3 is 9.84 Å². The maximum Gasteiger partial charge on any atom is 0.109 e. The minimum atomic E-state index is -0.615. The van der Waals surface area contributed by atoms with E-state index in [1.807, 2.05) is 6.92 Å². The van der Waals surface area contributed by atoms with E-state index >= 15 is 0 Å². The van der Waals surface area contributed by atoms with Crippen LogP contribution in [0.25, 0.3) is 0 Å². The highest BCUT2D eigenvalue weighted by molar-refractivity contribution is 5.05. The molecule has 1 N–H and O–H groups in total. The summed E-state index contributed by atoms with van der Waals surface area (Å²) in [6, 6.07) is 2.19. The van der Waals surface area contributed by atoms with Crippen LogP contribution in [-0.4, -0.2) is 24.4 Å². The normalized spacial score (nSPS) is 31.4. The molecule has 1 rings (SSSR count). The molecule has 2 unspecified atom stereocenters. The molecule has 0 saturated carbocycles. The monoisotopic (exact) mass is 169 g/mol. The molecule has 0 aromatic carbocycles. The van der Waals surface area contributed by atoms with Gasteiger partial charge in [0.05, 0.1) is 18.8 Å². The summed E-state index contributed by atoms with van der Waals surface area (Å²) >= 11 is 0. The summed E-state index contributed by atoms with van der Waals surface area (Å²) in [7, 11) is 0. The molecule has 0 spiro atoms.